The maximum Gasteiger partial charge on any atom is 0.124 e. The van der Waals surface area contributed by atoms with Crippen molar-refractivity contribution in [2.24, 2.45) is 0 Å². The predicted octanol–water partition coefficient (Wildman–Crippen LogP) is 4.42. The molecular formula is C18H17IN2O. The highest BCUT2D eigenvalue weighted by Crippen LogP contribution is 2.21. The third-order valence-electron chi connectivity index (χ3n) is 3.57. The van der Waals surface area contributed by atoms with Gasteiger partial charge in [0.05, 0.1) is 16.3 Å². The molecule has 0 amide bonds. The van der Waals surface area contributed by atoms with Crippen molar-refractivity contribution in [3.63, 3.8) is 0 Å². The summed E-state index contributed by atoms with van der Waals surface area (Å²) >= 11 is 2.31. The van der Waals surface area contributed by atoms with Crippen molar-refractivity contribution in [2.45, 2.75) is 20.1 Å². The fourth-order valence-electron chi connectivity index (χ4n) is 2.26. The van der Waals surface area contributed by atoms with Crippen molar-refractivity contribution < 1.29 is 4.74 Å². The van der Waals surface area contributed by atoms with Gasteiger partial charge in [0.15, 0.2) is 0 Å². The second kappa shape index (κ2) is 6.96. The van der Waals surface area contributed by atoms with E-state index in [1.165, 1.54) is 14.8 Å². The van der Waals surface area contributed by atoms with Crippen molar-refractivity contribution in [1.29, 1.82) is 0 Å². The van der Waals surface area contributed by atoms with Gasteiger partial charge in [-0.15, -0.1) is 0 Å². The monoisotopic (exact) mass is 404 g/mol. The van der Waals surface area contributed by atoms with Gasteiger partial charge in [0.1, 0.15) is 12.4 Å². The lowest BCUT2D eigenvalue weighted by molar-refractivity contribution is 0.302. The summed E-state index contributed by atoms with van der Waals surface area (Å²) in [6.45, 7) is 3.38. The number of halogens is 1. The van der Waals surface area contributed by atoms with Crippen LogP contribution in [-0.2, 0) is 13.2 Å². The Morgan fingerprint density at radius 2 is 1.77 bits per heavy atom. The van der Waals surface area contributed by atoms with Gasteiger partial charge < -0.3 is 4.74 Å². The van der Waals surface area contributed by atoms with Crippen molar-refractivity contribution in [1.82, 2.24) is 9.78 Å². The Morgan fingerprint density at radius 1 is 1.05 bits per heavy atom. The quantitative estimate of drug-likeness (QED) is 0.589. The maximum atomic E-state index is 6.00. The normalized spacial score (nSPS) is 10.6. The molecule has 3 aromatic rings. The second-order valence-corrected chi connectivity index (χ2v) is 6.28. The smallest absolute Gasteiger partial charge is 0.124 e. The number of hydrogen-bond donors (Lipinski definition) is 0. The van der Waals surface area contributed by atoms with Gasteiger partial charge >= 0.3 is 0 Å². The first kappa shape index (κ1) is 15.1. The fraction of sp³-hybridized carbons (Fsp3) is 0.167. The molecule has 0 bridgehead atoms. The molecule has 0 aliphatic rings. The van der Waals surface area contributed by atoms with Gasteiger partial charge in [0, 0.05) is 11.3 Å². The van der Waals surface area contributed by atoms with Crippen LogP contribution in [0.1, 0.15) is 16.8 Å². The van der Waals surface area contributed by atoms with Crippen LogP contribution in [0.25, 0.3) is 0 Å². The van der Waals surface area contributed by atoms with E-state index in [0.717, 1.165) is 17.9 Å². The molecule has 0 saturated heterocycles. The summed E-state index contributed by atoms with van der Waals surface area (Å²) in [4.78, 5) is 0. The van der Waals surface area contributed by atoms with Gasteiger partial charge in [-0.1, -0.05) is 48.5 Å². The summed E-state index contributed by atoms with van der Waals surface area (Å²) in [5, 5.41) is 4.42. The third-order valence-corrected chi connectivity index (χ3v) is 4.63. The number of benzene rings is 2. The van der Waals surface area contributed by atoms with Gasteiger partial charge in [0.2, 0.25) is 0 Å². The topological polar surface area (TPSA) is 27.1 Å². The zero-order valence-electron chi connectivity index (χ0n) is 12.4. The van der Waals surface area contributed by atoms with Crippen LogP contribution in [0.3, 0.4) is 0 Å². The SMILES string of the molecule is Cc1c(I)cnn1Cc1ccccc1OCc1ccccc1. The molecule has 2 aromatic carbocycles. The molecular weight excluding hydrogens is 387 g/mol. The number of rotatable bonds is 5. The number of hydrogen-bond acceptors (Lipinski definition) is 2. The summed E-state index contributed by atoms with van der Waals surface area (Å²) in [5.74, 6) is 0.913. The van der Waals surface area contributed by atoms with Crippen LogP contribution in [0.5, 0.6) is 5.75 Å². The van der Waals surface area contributed by atoms with Crippen LogP contribution < -0.4 is 4.74 Å². The average Bonchev–Trinajstić information content (AvgIpc) is 2.87. The predicted molar refractivity (Wildman–Crippen MR) is 96.0 cm³/mol. The van der Waals surface area contributed by atoms with E-state index >= 15 is 0 Å². The molecule has 112 valence electrons. The molecule has 0 N–H and O–H groups in total. The summed E-state index contributed by atoms with van der Waals surface area (Å²) in [5.41, 5.74) is 3.49. The van der Waals surface area contributed by atoms with Crippen LogP contribution in [0, 0.1) is 10.5 Å². The summed E-state index contributed by atoms with van der Waals surface area (Å²) in [6, 6.07) is 18.4. The molecule has 0 spiro atoms. The molecule has 0 saturated carbocycles. The third kappa shape index (κ3) is 3.50. The van der Waals surface area contributed by atoms with E-state index in [4.69, 9.17) is 4.74 Å². The van der Waals surface area contributed by atoms with E-state index in [2.05, 4.69) is 52.8 Å². The number of aromatic nitrogens is 2. The largest absolute Gasteiger partial charge is 0.489 e. The summed E-state index contributed by atoms with van der Waals surface area (Å²) < 4.78 is 9.19. The Balaban J connectivity index is 1.76. The van der Waals surface area contributed by atoms with Gasteiger partial charge in [-0.2, -0.15) is 5.10 Å². The van der Waals surface area contributed by atoms with E-state index in [1.54, 1.807) is 0 Å². The van der Waals surface area contributed by atoms with Crippen LogP contribution in [-0.4, -0.2) is 9.78 Å². The highest BCUT2D eigenvalue weighted by molar-refractivity contribution is 14.1. The van der Waals surface area contributed by atoms with Crippen LogP contribution in [0.2, 0.25) is 0 Å². The number of nitrogens with zero attached hydrogens (tertiary/aromatic N) is 2. The van der Waals surface area contributed by atoms with Crippen molar-refractivity contribution in [2.75, 3.05) is 0 Å². The lowest BCUT2D eigenvalue weighted by atomic mass is 10.2. The highest BCUT2D eigenvalue weighted by atomic mass is 127. The molecule has 3 nitrogen and oxygen atoms in total. The Hall–Kier alpha value is -1.82. The average molecular weight is 404 g/mol. The second-order valence-electron chi connectivity index (χ2n) is 5.12. The lowest BCUT2D eigenvalue weighted by Gasteiger charge is -2.12. The van der Waals surface area contributed by atoms with Gasteiger partial charge in [-0.05, 0) is 41.1 Å². The highest BCUT2D eigenvalue weighted by Gasteiger charge is 2.08. The Bertz CT molecular complexity index is 753. The van der Waals surface area contributed by atoms with Gasteiger partial charge in [-0.3, -0.25) is 4.68 Å². The minimum absolute atomic E-state index is 0.577. The van der Waals surface area contributed by atoms with E-state index in [0.29, 0.717) is 6.61 Å². The zero-order chi connectivity index (χ0) is 15.4. The van der Waals surface area contributed by atoms with Gasteiger partial charge in [-0.25, -0.2) is 0 Å². The molecule has 0 radical (unpaired) electrons. The van der Waals surface area contributed by atoms with Crippen LogP contribution in [0.4, 0.5) is 0 Å². The van der Waals surface area contributed by atoms with Crippen molar-refractivity contribution in [3.05, 3.63) is 81.2 Å². The number of ether oxygens (including phenoxy) is 1. The molecule has 0 atom stereocenters. The standard InChI is InChI=1S/C18H17IN2O/c1-14-17(19)11-20-21(14)12-16-9-5-6-10-18(16)22-13-15-7-3-2-4-8-15/h2-11H,12-13H2,1H3. The first-order chi connectivity index (χ1) is 10.7. The van der Waals surface area contributed by atoms with Crippen molar-refractivity contribution >= 4 is 22.6 Å². The lowest BCUT2D eigenvalue weighted by Crippen LogP contribution is -2.06. The molecule has 22 heavy (non-hydrogen) atoms. The van der Waals surface area contributed by atoms with E-state index in [-0.39, 0.29) is 0 Å². The minimum Gasteiger partial charge on any atom is -0.489 e. The molecule has 0 fully saturated rings. The summed E-state index contributed by atoms with van der Waals surface area (Å²) in [7, 11) is 0. The van der Waals surface area contributed by atoms with Crippen molar-refractivity contribution in [3.8, 4) is 5.75 Å². The molecule has 1 aromatic heterocycles. The minimum atomic E-state index is 0.577. The van der Waals surface area contributed by atoms with Crippen LogP contribution in [0.15, 0.2) is 60.8 Å². The van der Waals surface area contributed by atoms with E-state index < -0.39 is 0 Å². The van der Waals surface area contributed by atoms with Crippen LogP contribution >= 0.6 is 22.6 Å². The van der Waals surface area contributed by atoms with Gasteiger partial charge in [0.25, 0.3) is 0 Å². The molecule has 0 aliphatic carbocycles. The molecule has 0 unspecified atom stereocenters. The Labute approximate surface area is 144 Å². The fourth-order valence-corrected chi connectivity index (χ4v) is 2.66. The summed E-state index contributed by atoms with van der Waals surface area (Å²) in [6.07, 6.45) is 1.89. The van der Waals surface area contributed by atoms with E-state index in [9.17, 15) is 0 Å². The Kier molecular flexibility index (Phi) is 4.77. The maximum absolute atomic E-state index is 6.00. The number of para-hydroxylation sites is 1. The molecule has 4 heteroatoms. The molecule has 3 rings (SSSR count). The Morgan fingerprint density at radius 3 is 2.50 bits per heavy atom. The zero-order valence-corrected chi connectivity index (χ0v) is 14.5. The molecule has 1 heterocycles. The first-order valence-electron chi connectivity index (χ1n) is 7.16. The first-order valence-corrected chi connectivity index (χ1v) is 8.24. The molecule has 0 aliphatic heterocycles. The van der Waals surface area contributed by atoms with E-state index in [1.807, 2.05) is 47.3 Å².